The van der Waals surface area contributed by atoms with E-state index in [4.69, 9.17) is 56.8 Å². The minimum absolute atomic E-state index is 0.0251. The molecule has 0 spiro atoms. The first-order valence-electron chi connectivity index (χ1n) is 27.0. The highest BCUT2D eigenvalue weighted by Crippen LogP contribution is 2.40. The lowest BCUT2D eigenvalue weighted by Crippen LogP contribution is -2.72. The van der Waals surface area contributed by atoms with Gasteiger partial charge in [-0.15, -0.1) is 0 Å². The smallest absolute Gasteiger partial charge is 0.303 e. The summed E-state index contributed by atoms with van der Waals surface area (Å²) in [6.45, 7) is 7.58. The summed E-state index contributed by atoms with van der Waals surface area (Å²) in [7, 11) is 0. The van der Waals surface area contributed by atoms with Crippen LogP contribution in [0, 0.1) is 0 Å². The van der Waals surface area contributed by atoms with Gasteiger partial charge in [0.25, 0.3) is 0 Å². The van der Waals surface area contributed by atoms with Gasteiger partial charge in [0.1, 0.15) is 60.9 Å². The predicted molar refractivity (Wildman–Crippen MR) is 287 cm³/mol. The quantitative estimate of drug-likeness (QED) is 0.0666. The van der Waals surface area contributed by atoms with Crippen molar-refractivity contribution in [2.75, 3.05) is 13.2 Å². The number of carbonyl (C=O) groups excluding carboxylic acids is 4. The van der Waals surface area contributed by atoms with Crippen LogP contribution < -0.4 is 16.0 Å². The molecule has 3 N–H and O–H groups in total. The summed E-state index contributed by atoms with van der Waals surface area (Å²) < 4.78 is 80.2. The van der Waals surface area contributed by atoms with Crippen LogP contribution in [0.2, 0.25) is 0 Å². The number of hydrogen-bond acceptors (Lipinski definition) is 16. The molecule has 4 aliphatic heterocycles. The van der Waals surface area contributed by atoms with Crippen molar-refractivity contribution >= 4 is 23.7 Å². The standard InChI is InChI=1S/C61H71N3O16/c1-37-52(75-41(5)68)56(79-61-49(62-38(2)65)55(71-33-44-25-15-8-16-26-44)53(70-32-43-23-13-7-14-24-43)47(77-61)35-69-31-42-21-11-6-12-22-42)51(64-40(4)67)60(74-37)80-57-50(63-39(3)66)59(72-34-45-27-17-9-18-28-45)76-48-36-73-58(78-54(48)57)46-29-19-10-20-30-46/h6-30,37,47-61H,31-36H2,1-5H3,(H,62,65)(H,63,66)(H,64,67)/t37-,47-,48-,49-,50-,51-,52-,53-,54+,55-,56+,57+,58+,59+,60+,61+/m1/s1. The number of carbonyl (C=O) groups is 4. The van der Waals surface area contributed by atoms with Crippen LogP contribution in [-0.4, -0.2) is 129 Å². The number of benzene rings is 5. The monoisotopic (exact) mass is 1100 g/mol. The summed E-state index contributed by atoms with van der Waals surface area (Å²) in [6.07, 6.45) is -14.0. The van der Waals surface area contributed by atoms with Crippen LogP contribution in [0.3, 0.4) is 0 Å². The molecule has 80 heavy (non-hydrogen) atoms. The van der Waals surface area contributed by atoms with Gasteiger partial charge < -0.3 is 72.8 Å². The number of fused-ring (bicyclic) bond motifs is 1. The van der Waals surface area contributed by atoms with Crippen molar-refractivity contribution in [3.05, 3.63) is 179 Å². The fraction of sp³-hybridized carbons (Fsp3) is 0.443. The second-order valence-corrected chi connectivity index (χ2v) is 20.2. The zero-order valence-electron chi connectivity index (χ0n) is 45.4. The lowest BCUT2D eigenvalue weighted by molar-refractivity contribution is -0.376. The van der Waals surface area contributed by atoms with Crippen molar-refractivity contribution in [3.63, 3.8) is 0 Å². The molecule has 9 rings (SSSR count). The third-order valence-corrected chi connectivity index (χ3v) is 14.1. The highest BCUT2D eigenvalue weighted by atomic mass is 16.8. The highest BCUT2D eigenvalue weighted by molar-refractivity contribution is 5.74. The Morgan fingerprint density at radius 1 is 0.475 bits per heavy atom. The van der Waals surface area contributed by atoms with Crippen LogP contribution in [0.25, 0.3) is 0 Å². The molecule has 19 nitrogen and oxygen atoms in total. The Bertz CT molecular complexity index is 2730. The molecule has 4 saturated heterocycles. The van der Waals surface area contributed by atoms with E-state index in [0.29, 0.717) is 0 Å². The summed E-state index contributed by atoms with van der Waals surface area (Å²) in [5, 5.41) is 9.04. The van der Waals surface area contributed by atoms with Gasteiger partial charge in [0.2, 0.25) is 17.7 Å². The number of nitrogens with one attached hydrogen (secondary N) is 3. The minimum Gasteiger partial charge on any atom is -0.457 e. The molecular weight excluding hydrogens is 1030 g/mol. The maximum atomic E-state index is 13.6. The maximum Gasteiger partial charge on any atom is 0.303 e. The molecule has 4 aliphatic rings. The van der Waals surface area contributed by atoms with E-state index in [9.17, 15) is 19.2 Å². The number of esters is 1. The van der Waals surface area contributed by atoms with Crippen LogP contribution in [0.4, 0.5) is 0 Å². The van der Waals surface area contributed by atoms with Gasteiger partial charge in [0.15, 0.2) is 31.3 Å². The van der Waals surface area contributed by atoms with Gasteiger partial charge in [0, 0.05) is 33.3 Å². The van der Waals surface area contributed by atoms with Crippen LogP contribution in [0.15, 0.2) is 152 Å². The fourth-order valence-electron chi connectivity index (χ4n) is 10.5. The molecule has 4 heterocycles. The first kappa shape index (κ1) is 58.2. The summed E-state index contributed by atoms with van der Waals surface area (Å²) in [4.78, 5) is 53.6. The number of rotatable bonds is 22. The maximum absolute atomic E-state index is 13.6. The Hall–Kier alpha value is -6.46. The second-order valence-electron chi connectivity index (χ2n) is 20.2. The third kappa shape index (κ3) is 15.5. The zero-order chi connectivity index (χ0) is 56.0. The van der Waals surface area contributed by atoms with Crippen LogP contribution in [0.5, 0.6) is 0 Å². The average molecular weight is 1100 g/mol. The van der Waals surface area contributed by atoms with Gasteiger partial charge >= 0.3 is 5.97 Å². The van der Waals surface area contributed by atoms with Gasteiger partial charge in [-0.3, -0.25) is 19.2 Å². The Labute approximate surface area is 466 Å². The Morgan fingerprint density at radius 2 is 0.925 bits per heavy atom. The SMILES string of the molecule is CC(=O)N[C@H]1[C@H](O[C@H]2[C@@H](NC(C)=O)[C@H](O[C@H]3[C@@H](NC(C)=O)[C@@H](OCc4ccccc4)O[C@@H]4CO[C@H](c5ccccc5)O[C@H]34)O[C@H](C)[C@H]2OC(C)=O)O[C@H](COCc2ccccc2)[C@@H](OCc2ccccc2)[C@@H]1OCc1ccccc1. The van der Waals surface area contributed by atoms with Crippen molar-refractivity contribution in [2.24, 2.45) is 0 Å². The van der Waals surface area contributed by atoms with E-state index in [1.807, 2.05) is 152 Å². The van der Waals surface area contributed by atoms with Crippen molar-refractivity contribution in [1.29, 1.82) is 0 Å². The molecule has 0 bridgehead atoms. The van der Waals surface area contributed by atoms with Crippen molar-refractivity contribution < 1.29 is 76.0 Å². The number of amides is 3. The first-order valence-corrected chi connectivity index (χ1v) is 27.0. The van der Waals surface area contributed by atoms with E-state index in [1.54, 1.807) is 6.92 Å². The molecule has 5 aromatic carbocycles. The van der Waals surface area contributed by atoms with Gasteiger partial charge in [-0.1, -0.05) is 152 Å². The van der Waals surface area contributed by atoms with E-state index < -0.39 is 122 Å². The summed E-state index contributed by atoms with van der Waals surface area (Å²) in [5.41, 5.74) is 4.22. The molecular formula is C61H71N3O16. The molecule has 3 amide bonds. The highest BCUT2D eigenvalue weighted by Gasteiger charge is 2.58. The van der Waals surface area contributed by atoms with E-state index in [-0.39, 0.29) is 39.6 Å². The van der Waals surface area contributed by atoms with Gasteiger partial charge in [-0.25, -0.2) is 0 Å². The molecule has 426 valence electrons. The van der Waals surface area contributed by atoms with E-state index in [1.165, 1.54) is 27.7 Å². The first-order chi connectivity index (χ1) is 38.9. The number of hydrogen-bond donors (Lipinski definition) is 3. The Kier molecular flexibility index (Phi) is 20.6. The minimum atomic E-state index is -1.43. The average Bonchev–Trinajstić information content (AvgIpc) is 3.52. The van der Waals surface area contributed by atoms with E-state index >= 15 is 0 Å². The molecule has 0 aromatic heterocycles. The molecule has 5 aromatic rings. The number of ether oxygens (including phenoxy) is 12. The largest absolute Gasteiger partial charge is 0.457 e. The second kappa shape index (κ2) is 28.3. The van der Waals surface area contributed by atoms with Crippen molar-refractivity contribution in [1.82, 2.24) is 16.0 Å². The summed E-state index contributed by atoms with van der Waals surface area (Å²) in [6, 6.07) is 44.2. The van der Waals surface area contributed by atoms with Crippen LogP contribution in [-0.2, 0) is 102 Å². The van der Waals surface area contributed by atoms with Gasteiger partial charge in [-0.05, 0) is 29.2 Å². The lowest BCUT2D eigenvalue weighted by Gasteiger charge is -2.52. The van der Waals surface area contributed by atoms with E-state index in [2.05, 4.69) is 16.0 Å². The summed E-state index contributed by atoms with van der Waals surface area (Å²) in [5.74, 6) is -2.06. The molecule has 0 unspecified atom stereocenters. The van der Waals surface area contributed by atoms with Gasteiger partial charge in [-0.2, -0.15) is 0 Å². The van der Waals surface area contributed by atoms with Gasteiger partial charge in [0.05, 0.1) is 45.7 Å². The zero-order valence-corrected chi connectivity index (χ0v) is 45.4. The van der Waals surface area contributed by atoms with Crippen LogP contribution in [0.1, 0.15) is 68.7 Å². The van der Waals surface area contributed by atoms with E-state index in [0.717, 1.165) is 27.8 Å². The van der Waals surface area contributed by atoms with Crippen LogP contribution >= 0.6 is 0 Å². The molecule has 0 radical (unpaired) electrons. The lowest BCUT2D eigenvalue weighted by atomic mass is 9.93. The Morgan fingerprint density at radius 3 is 1.45 bits per heavy atom. The normalized spacial score (nSPS) is 30.3. The van der Waals surface area contributed by atoms with Crippen molar-refractivity contribution in [3.8, 4) is 0 Å². The molecule has 0 aliphatic carbocycles. The summed E-state index contributed by atoms with van der Waals surface area (Å²) >= 11 is 0. The molecule has 0 saturated carbocycles. The fourth-order valence-corrected chi connectivity index (χ4v) is 10.5. The van der Waals surface area contributed by atoms with Crippen molar-refractivity contribution in [2.45, 2.75) is 159 Å². The third-order valence-electron chi connectivity index (χ3n) is 14.1. The predicted octanol–water partition coefficient (Wildman–Crippen LogP) is 6.12. The molecule has 16 atom stereocenters. The topological polar surface area (TPSA) is 215 Å². The Balaban J connectivity index is 1.09. The molecule has 19 heteroatoms. The molecule has 4 fully saturated rings.